The van der Waals surface area contributed by atoms with Crippen molar-refractivity contribution in [2.75, 3.05) is 20.0 Å². The quantitative estimate of drug-likeness (QED) is 0.117. The van der Waals surface area contributed by atoms with Gasteiger partial charge in [0, 0.05) is 26.6 Å². The van der Waals surface area contributed by atoms with Crippen LogP contribution in [0.3, 0.4) is 0 Å². The molecule has 2 heterocycles. The molecule has 0 fully saturated rings. The molecule has 0 saturated heterocycles. The summed E-state index contributed by atoms with van der Waals surface area (Å²) in [7, 11) is 2.25. The number of ether oxygens (including phenoxy) is 1. The number of methoxy groups -OCH3 is 1. The second kappa shape index (κ2) is 12.3. The van der Waals surface area contributed by atoms with Crippen molar-refractivity contribution < 1.29 is 76.3 Å². The number of pyridine rings is 1. The molecule has 1 aliphatic carbocycles. The molecule has 0 aliphatic heterocycles. The van der Waals surface area contributed by atoms with E-state index in [9.17, 15) is 15.6 Å². The molecule has 190 valence electrons. The number of nitrogens with two attached hydrogens (primary N) is 1. The number of aliphatic hydroxyl groups is 1. The first-order valence-electron chi connectivity index (χ1n) is 11.1. The Morgan fingerprint density at radius 1 is 1.18 bits per heavy atom. The predicted molar refractivity (Wildman–Crippen MR) is 136 cm³/mol. The largest absolute Gasteiger partial charge is 1.00 e. The molecule has 0 spiro atoms. The average Bonchev–Trinajstić information content (AvgIpc) is 3.47. The Labute approximate surface area is 271 Å². The monoisotopic (exact) mass is 578 g/mol. The van der Waals surface area contributed by atoms with Crippen LogP contribution in [0.4, 0.5) is 5.69 Å². The Bertz CT molecular complexity index is 1520. The number of anilines is 1. The van der Waals surface area contributed by atoms with E-state index in [0.29, 0.717) is 50.8 Å². The number of fused-ring (bicyclic) bond motifs is 1. The first-order valence-corrected chi connectivity index (χ1v) is 11.8. The Morgan fingerprint density at radius 3 is 2.50 bits per heavy atom. The van der Waals surface area contributed by atoms with E-state index in [4.69, 9.17) is 38.8 Å². The zero-order valence-electron chi connectivity index (χ0n) is 20.9. The third-order valence-electron chi connectivity index (χ3n) is 6.25. The molecule has 0 radical (unpaired) electrons. The fourth-order valence-electron chi connectivity index (χ4n) is 4.62. The van der Waals surface area contributed by atoms with Crippen molar-refractivity contribution in [3.8, 4) is 34.2 Å². The maximum absolute atomic E-state index is 11.8. The van der Waals surface area contributed by atoms with Crippen molar-refractivity contribution >= 4 is 28.9 Å². The van der Waals surface area contributed by atoms with Crippen LogP contribution in [-0.2, 0) is 12.0 Å². The number of hydrogen-bond donors (Lipinski definition) is 4. The zero-order valence-corrected chi connectivity index (χ0v) is 25.6. The number of hydrogen-bond acceptors (Lipinski definition) is 7. The summed E-state index contributed by atoms with van der Waals surface area (Å²) in [5, 5.41) is 41.3. The summed E-state index contributed by atoms with van der Waals surface area (Å²) in [6, 6.07) is 14.0. The first-order chi connectivity index (χ1) is 17.8. The van der Waals surface area contributed by atoms with Crippen LogP contribution < -0.4 is 71.7 Å². The van der Waals surface area contributed by atoms with E-state index in [1.807, 2.05) is 0 Å². The molecular formula is C26H23Cl2KN5O4+. The second-order valence-electron chi connectivity index (χ2n) is 8.28. The number of benzene rings is 2. The fraction of sp³-hybridized carbons (Fsp3) is 0.192. The Kier molecular flexibility index (Phi) is 9.86. The molecule has 2 aromatic heterocycles. The number of aromatic amines is 1. The van der Waals surface area contributed by atoms with Crippen molar-refractivity contribution in [3.05, 3.63) is 81.5 Å². The van der Waals surface area contributed by atoms with Crippen molar-refractivity contribution in [2.24, 2.45) is 0 Å². The summed E-state index contributed by atoms with van der Waals surface area (Å²) < 4.78 is 6.57. The number of H-pyrrole nitrogens is 1. The molecule has 5 N–H and O–H groups in total. The SMILES string of the molecule is COc1c(-c2cc(Cl)ccc2C#N)c[n+](O)c2c1CCC2(O)c1nc(-c2ccc(N)cc2)c(Cl)[nH]1.C[O-].[K+]. The third-order valence-corrected chi connectivity index (χ3v) is 6.75. The van der Waals surface area contributed by atoms with Crippen LogP contribution in [0.5, 0.6) is 5.75 Å². The van der Waals surface area contributed by atoms with Crippen LogP contribution in [0.2, 0.25) is 10.2 Å². The normalized spacial score (nSPS) is 15.5. The summed E-state index contributed by atoms with van der Waals surface area (Å²) >= 11 is 12.6. The summed E-state index contributed by atoms with van der Waals surface area (Å²) in [6.07, 6.45) is 1.99. The summed E-state index contributed by atoms with van der Waals surface area (Å²) in [5.41, 5.74) is 8.02. The van der Waals surface area contributed by atoms with Gasteiger partial charge in [0.05, 0.1) is 29.9 Å². The molecule has 12 heteroatoms. The predicted octanol–water partition coefficient (Wildman–Crippen LogP) is 0.200. The van der Waals surface area contributed by atoms with Crippen LogP contribution in [0.15, 0.2) is 48.7 Å². The number of halogens is 2. The molecule has 0 saturated carbocycles. The first kappa shape index (κ1) is 30.4. The number of imidazole rings is 1. The van der Waals surface area contributed by atoms with Gasteiger partial charge in [0.1, 0.15) is 16.6 Å². The maximum Gasteiger partial charge on any atom is 1.00 e. The van der Waals surface area contributed by atoms with Gasteiger partial charge in [0.25, 0.3) is 5.69 Å². The number of nitrogens with one attached hydrogen (secondary N) is 1. The molecule has 9 nitrogen and oxygen atoms in total. The molecule has 0 bridgehead atoms. The van der Waals surface area contributed by atoms with Crippen molar-refractivity contribution in [2.45, 2.75) is 18.4 Å². The summed E-state index contributed by atoms with van der Waals surface area (Å²) in [5.74, 6) is 0.613. The van der Waals surface area contributed by atoms with Gasteiger partial charge < -0.3 is 25.7 Å². The van der Waals surface area contributed by atoms with Gasteiger partial charge in [-0.15, -0.1) is 0 Å². The minimum Gasteiger partial charge on any atom is -0.857 e. The van der Waals surface area contributed by atoms with Gasteiger partial charge in [0.15, 0.2) is 5.82 Å². The van der Waals surface area contributed by atoms with Crippen molar-refractivity contribution in [1.82, 2.24) is 9.97 Å². The number of aromatic nitrogens is 3. The molecular weight excluding hydrogens is 556 g/mol. The van der Waals surface area contributed by atoms with Crippen LogP contribution in [0.25, 0.3) is 22.4 Å². The number of nitriles is 1. The molecule has 1 atom stereocenters. The van der Waals surface area contributed by atoms with E-state index in [0.717, 1.165) is 17.4 Å². The average molecular weight is 580 g/mol. The van der Waals surface area contributed by atoms with Crippen LogP contribution in [0.1, 0.15) is 29.1 Å². The van der Waals surface area contributed by atoms with Gasteiger partial charge >= 0.3 is 51.4 Å². The van der Waals surface area contributed by atoms with Crippen molar-refractivity contribution in [3.63, 3.8) is 0 Å². The molecule has 38 heavy (non-hydrogen) atoms. The van der Waals surface area contributed by atoms with Gasteiger partial charge in [-0.3, -0.25) is 5.21 Å². The van der Waals surface area contributed by atoms with E-state index in [1.165, 1.54) is 13.3 Å². The number of nitrogens with zero attached hydrogens (tertiary/aromatic N) is 3. The topological polar surface area (TPSA) is 155 Å². The molecule has 2 aromatic carbocycles. The number of rotatable bonds is 4. The molecule has 1 aliphatic rings. The van der Waals surface area contributed by atoms with Crippen LogP contribution in [0, 0.1) is 11.3 Å². The van der Waals surface area contributed by atoms with Crippen LogP contribution >= 0.6 is 23.2 Å². The van der Waals surface area contributed by atoms with E-state index >= 15 is 0 Å². The summed E-state index contributed by atoms with van der Waals surface area (Å²) in [4.78, 5) is 7.54. The van der Waals surface area contributed by atoms with Crippen molar-refractivity contribution in [1.29, 1.82) is 5.26 Å². The fourth-order valence-corrected chi connectivity index (χ4v) is 5.03. The standard InChI is InChI=1S/C25H20Cl2N5O3.CH3O.K/c1-35-21-17-8-9-25(33,24-30-20(23(27)31-24)13-3-6-16(29)7-4-13)22(17)32(34)12-19(21)18-10-15(26)5-2-14(18)11-28;1-2;/h2-7,10,12,33-34H,8-9,29H2,1H3,(H,30,31);1H3;/q+1;-1;+1. The van der Waals surface area contributed by atoms with Gasteiger partial charge in [-0.2, -0.15) is 12.4 Å². The Morgan fingerprint density at radius 2 is 1.87 bits per heavy atom. The van der Waals surface area contributed by atoms with Gasteiger partial charge in [-0.1, -0.05) is 35.3 Å². The molecule has 1 unspecified atom stereocenters. The maximum atomic E-state index is 11.8. The van der Waals surface area contributed by atoms with Crippen LogP contribution in [-0.4, -0.2) is 34.5 Å². The second-order valence-corrected chi connectivity index (χ2v) is 9.09. The van der Waals surface area contributed by atoms with E-state index in [2.05, 4.69) is 16.0 Å². The third kappa shape index (κ3) is 5.31. The molecule has 5 rings (SSSR count). The van der Waals surface area contributed by atoms with E-state index in [1.54, 1.807) is 42.5 Å². The zero-order chi connectivity index (χ0) is 26.9. The Hall–Kier alpha value is -2.17. The smallest absolute Gasteiger partial charge is 0.857 e. The minimum atomic E-state index is -1.67. The van der Waals surface area contributed by atoms with Gasteiger partial charge in [-0.25, -0.2) is 4.98 Å². The minimum absolute atomic E-state index is 0. The van der Waals surface area contributed by atoms with E-state index < -0.39 is 5.60 Å². The summed E-state index contributed by atoms with van der Waals surface area (Å²) in [6.45, 7) is 0. The van der Waals surface area contributed by atoms with Gasteiger partial charge in [0.2, 0.25) is 11.8 Å². The molecule has 4 aromatic rings. The van der Waals surface area contributed by atoms with E-state index in [-0.39, 0.29) is 74.5 Å². The Balaban J connectivity index is 0.00000130. The van der Waals surface area contributed by atoms with Gasteiger partial charge in [-0.05, 0) is 43.2 Å². The number of nitrogen functional groups attached to an aromatic ring is 1. The molecule has 0 amide bonds.